The molecule has 1 fully saturated rings. The van der Waals surface area contributed by atoms with Gasteiger partial charge in [-0.1, -0.05) is 24.3 Å². The van der Waals surface area contributed by atoms with Gasteiger partial charge in [0.25, 0.3) is 5.91 Å². The number of nitrogen functional groups attached to an aromatic ring is 1. The number of hydrogen-bond donors (Lipinski definition) is 3. The molecule has 4 N–H and O–H groups in total. The molecule has 2 aromatic carbocycles. The number of allylic oxidation sites excluding steroid dienone is 2. The molecule has 3 heterocycles. The Morgan fingerprint density at radius 2 is 2.03 bits per heavy atom. The Hall–Kier alpha value is -3.80. The van der Waals surface area contributed by atoms with Gasteiger partial charge in [-0.25, -0.2) is 0 Å². The number of anilines is 2. The van der Waals surface area contributed by atoms with E-state index in [1.165, 1.54) is 0 Å². The molecular formula is C24H22N4O2. The van der Waals surface area contributed by atoms with Gasteiger partial charge in [0.15, 0.2) is 5.78 Å². The fourth-order valence-corrected chi connectivity index (χ4v) is 4.35. The number of nitrogens with zero attached hydrogens (tertiary/aromatic N) is 1. The van der Waals surface area contributed by atoms with Crippen LogP contribution in [0.4, 0.5) is 11.4 Å². The molecule has 0 spiro atoms. The van der Waals surface area contributed by atoms with Crippen molar-refractivity contribution in [3.8, 4) is 0 Å². The largest absolute Gasteiger partial charge is 0.397 e. The molecule has 0 radical (unpaired) electrons. The number of hydrogen-bond acceptors (Lipinski definition) is 4. The Bertz CT molecular complexity index is 1220. The third kappa shape index (κ3) is 3.06. The number of benzene rings is 2. The van der Waals surface area contributed by atoms with Crippen molar-refractivity contribution in [2.24, 2.45) is 0 Å². The van der Waals surface area contributed by atoms with E-state index in [0.717, 1.165) is 40.7 Å². The molecule has 0 unspecified atom stereocenters. The molecule has 1 atom stereocenters. The maximum atomic E-state index is 12.9. The van der Waals surface area contributed by atoms with Gasteiger partial charge in [0, 0.05) is 29.9 Å². The maximum Gasteiger partial charge on any atom is 0.256 e. The van der Waals surface area contributed by atoms with Crippen molar-refractivity contribution in [3.63, 3.8) is 0 Å². The Kier molecular flexibility index (Phi) is 4.39. The van der Waals surface area contributed by atoms with Crippen LogP contribution in [0.5, 0.6) is 0 Å². The minimum atomic E-state index is -0.130. The molecule has 150 valence electrons. The topological polar surface area (TPSA) is 91.2 Å². The van der Waals surface area contributed by atoms with Gasteiger partial charge in [0.05, 0.1) is 28.5 Å². The molecule has 2 aliphatic rings. The molecule has 0 saturated carbocycles. The van der Waals surface area contributed by atoms with Crippen LogP contribution in [0.2, 0.25) is 0 Å². The molecule has 0 bridgehead atoms. The minimum absolute atomic E-state index is 0.0170. The van der Waals surface area contributed by atoms with Crippen molar-refractivity contribution >= 4 is 40.0 Å². The lowest BCUT2D eigenvalue weighted by atomic mass is 10.1. The molecule has 1 aromatic heterocycles. The van der Waals surface area contributed by atoms with E-state index >= 15 is 0 Å². The van der Waals surface area contributed by atoms with Gasteiger partial charge < -0.3 is 20.9 Å². The molecule has 3 aromatic rings. The third-order valence-corrected chi connectivity index (χ3v) is 5.81. The van der Waals surface area contributed by atoms with Crippen LogP contribution < -0.4 is 11.1 Å². The first-order valence-electron chi connectivity index (χ1n) is 10.1. The fourth-order valence-electron chi connectivity index (χ4n) is 4.35. The van der Waals surface area contributed by atoms with Crippen LogP contribution in [0, 0.1) is 0 Å². The smallest absolute Gasteiger partial charge is 0.256 e. The number of aromatic nitrogens is 1. The number of nitrogens with one attached hydrogen (secondary N) is 2. The van der Waals surface area contributed by atoms with Gasteiger partial charge in [0.1, 0.15) is 0 Å². The van der Waals surface area contributed by atoms with E-state index in [-0.39, 0.29) is 17.7 Å². The molecule has 2 aliphatic heterocycles. The highest BCUT2D eigenvalue weighted by Gasteiger charge is 2.36. The Balaban J connectivity index is 1.46. The third-order valence-electron chi connectivity index (χ3n) is 5.81. The van der Waals surface area contributed by atoms with Gasteiger partial charge >= 0.3 is 0 Å². The van der Waals surface area contributed by atoms with Crippen molar-refractivity contribution in [1.29, 1.82) is 0 Å². The maximum absolute atomic E-state index is 12.9. The van der Waals surface area contributed by atoms with Crippen LogP contribution in [0.15, 0.2) is 66.5 Å². The lowest BCUT2D eigenvalue weighted by Crippen LogP contribution is -2.36. The predicted octanol–water partition coefficient (Wildman–Crippen LogP) is 3.95. The van der Waals surface area contributed by atoms with E-state index in [4.69, 9.17) is 5.73 Å². The lowest BCUT2D eigenvalue weighted by Gasteiger charge is -2.23. The van der Waals surface area contributed by atoms with Gasteiger partial charge in [-0.2, -0.15) is 0 Å². The number of nitrogens with two attached hydrogens (primary N) is 1. The summed E-state index contributed by atoms with van der Waals surface area (Å²) >= 11 is 0. The summed E-state index contributed by atoms with van der Waals surface area (Å²) in [6.45, 7) is 0.706. The van der Waals surface area contributed by atoms with Gasteiger partial charge in [-0.3, -0.25) is 9.59 Å². The highest BCUT2D eigenvalue weighted by Crippen LogP contribution is 2.33. The Morgan fingerprint density at radius 1 is 1.17 bits per heavy atom. The molecule has 30 heavy (non-hydrogen) atoms. The number of H-pyrrole nitrogens is 1. The normalized spacial score (nSPS) is 19.7. The molecule has 6 heteroatoms. The number of rotatable bonds is 3. The van der Waals surface area contributed by atoms with Crippen LogP contribution in [0.1, 0.15) is 28.8 Å². The van der Waals surface area contributed by atoms with Crippen molar-refractivity contribution in [2.45, 2.75) is 18.9 Å². The highest BCUT2D eigenvalue weighted by molar-refractivity contribution is 6.06. The first-order chi connectivity index (χ1) is 14.6. The Labute approximate surface area is 174 Å². The van der Waals surface area contributed by atoms with Crippen LogP contribution in [-0.4, -0.2) is 34.2 Å². The summed E-state index contributed by atoms with van der Waals surface area (Å²) in [7, 11) is 0. The first-order valence-corrected chi connectivity index (χ1v) is 10.1. The van der Waals surface area contributed by atoms with Crippen molar-refractivity contribution in [1.82, 2.24) is 9.88 Å². The second kappa shape index (κ2) is 7.22. The quantitative estimate of drug-likeness (QED) is 0.460. The molecular weight excluding hydrogens is 376 g/mol. The number of para-hydroxylation sites is 2. The molecule has 1 amide bonds. The summed E-state index contributed by atoms with van der Waals surface area (Å²) in [5.74, 6) is -0.113. The zero-order chi connectivity index (χ0) is 20.7. The SMILES string of the molecule is Nc1cccc2c(/C=C/C(=O)/C=C3\Nc4ccccc4C(=O)N4CCC[C@@H]34)c[nH]c12. The van der Waals surface area contributed by atoms with Gasteiger partial charge in [0.2, 0.25) is 0 Å². The number of fused-ring (bicyclic) bond motifs is 3. The van der Waals surface area contributed by atoms with E-state index in [0.29, 0.717) is 17.8 Å². The summed E-state index contributed by atoms with van der Waals surface area (Å²) < 4.78 is 0. The lowest BCUT2D eigenvalue weighted by molar-refractivity contribution is -0.110. The predicted molar refractivity (Wildman–Crippen MR) is 119 cm³/mol. The average Bonchev–Trinajstić information content (AvgIpc) is 3.38. The van der Waals surface area contributed by atoms with Crippen LogP contribution in [0.3, 0.4) is 0 Å². The van der Waals surface area contributed by atoms with Crippen LogP contribution in [0.25, 0.3) is 17.0 Å². The number of ketones is 1. The molecule has 5 rings (SSSR count). The van der Waals surface area contributed by atoms with Crippen molar-refractivity contribution in [3.05, 3.63) is 77.6 Å². The molecule has 0 aliphatic carbocycles. The van der Waals surface area contributed by atoms with Gasteiger partial charge in [-0.05, 0) is 48.8 Å². The minimum Gasteiger partial charge on any atom is -0.397 e. The zero-order valence-corrected chi connectivity index (χ0v) is 16.4. The first kappa shape index (κ1) is 18.2. The van der Waals surface area contributed by atoms with E-state index in [1.54, 1.807) is 18.2 Å². The average molecular weight is 398 g/mol. The summed E-state index contributed by atoms with van der Waals surface area (Å²) in [6.07, 6.45) is 8.57. The standard InChI is InChI=1S/C24H22N4O2/c25-19-7-3-6-17-15(14-26-23(17)19)10-11-16(29)13-21-22-9-4-12-28(22)24(30)18-5-1-2-8-20(18)27-21/h1-3,5-8,10-11,13-14,22,26-27H,4,9,12,25H2/b11-10+,21-13-/t22-/m0/s1. The summed E-state index contributed by atoms with van der Waals surface area (Å²) in [4.78, 5) is 30.7. The van der Waals surface area contributed by atoms with Gasteiger partial charge in [-0.15, -0.1) is 0 Å². The summed E-state index contributed by atoms with van der Waals surface area (Å²) in [5, 5.41) is 4.32. The summed E-state index contributed by atoms with van der Waals surface area (Å²) in [6, 6.07) is 13.0. The number of carbonyl (C=O) groups is 2. The van der Waals surface area contributed by atoms with Crippen molar-refractivity contribution in [2.75, 3.05) is 17.6 Å². The Morgan fingerprint density at radius 3 is 2.93 bits per heavy atom. The number of carbonyl (C=O) groups excluding carboxylic acids is 2. The van der Waals surface area contributed by atoms with Crippen molar-refractivity contribution < 1.29 is 9.59 Å². The van der Waals surface area contributed by atoms with E-state index in [9.17, 15) is 9.59 Å². The second-order valence-corrected chi connectivity index (χ2v) is 7.68. The number of amides is 1. The second-order valence-electron chi connectivity index (χ2n) is 7.68. The molecule has 6 nitrogen and oxygen atoms in total. The van der Waals surface area contributed by atoms with E-state index < -0.39 is 0 Å². The van der Waals surface area contributed by atoms with E-state index in [2.05, 4.69) is 10.3 Å². The monoisotopic (exact) mass is 398 g/mol. The highest BCUT2D eigenvalue weighted by atomic mass is 16.2. The zero-order valence-electron chi connectivity index (χ0n) is 16.4. The summed E-state index contributed by atoms with van der Waals surface area (Å²) in [5.41, 5.74) is 10.6. The molecule has 1 saturated heterocycles. The van der Waals surface area contributed by atoms with E-state index in [1.807, 2.05) is 53.6 Å². The number of aromatic amines is 1. The van der Waals surface area contributed by atoms with Crippen LogP contribution >= 0.6 is 0 Å². The van der Waals surface area contributed by atoms with Crippen LogP contribution in [-0.2, 0) is 4.79 Å². The fraction of sp³-hybridized carbons (Fsp3) is 0.167.